The molecule has 0 radical (unpaired) electrons. The molecule has 2 rings (SSSR count). The van der Waals surface area contributed by atoms with Gasteiger partial charge in [0.1, 0.15) is 12.3 Å². The molecule has 2 amide bonds. The van der Waals surface area contributed by atoms with Crippen LogP contribution in [0.2, 0.25) is 0 Å². The van der Waals surface area contributed by atoms with Crippen molar-refractivity contribution in [3.8, 4) is 5.75 Å². The summed E-state index contributed by atoms with van der Waals surface area (Å²) in [7, 11) is 5.41. The van der Waals surface area contributed by atoms with E-state index >= 15 is 0 Å². The maximum Gasteiger partial charge on any atom is 0.254 e. The van der Waals surface area contributed by atoms with Gasteiger partial charge < -0.3 is 19.9 Å². The average Bonchev–Trinajstić information content (AvgIpc) is 2.65. The minimum atomic E-state index is -0.253. The van der Waals surface area contributed by atoms with E-state index in [1.165, 1.54) is 4.90 Å². The lowest BCUT2D eigenvalue weighted by molar-refractivity contribution is -0.116. The van der Waals surface area contributed by atoms with Crippen molar-refractivity contribution >= 4 is 23.2 Å². The number of hydrogen-bond acceptors (Lipinski definition) is 4. The molecular formula is C20H25N3O3. The quantitative estimate of drug-likeness (QED) is 0.830. The number of hydrogen-bond donors (Lipinski definition) is 1. The molecule has 0 aliphatic heterocycles. The van der Waals surface area contributed by atoms with Crippen molar-refractivity contribution in [2.75, 3.05) is 44.5 Å². The van der Waals surface area contributed by atoms with Gasteiger partial charge >= 0.3 is 0 Å². The van der Waals surface area contributed by atoms with Crippen molar-refractivity contribution in [2.45, 2.75) is 6.92 Å². The number of likely N-dealkylation sites (N-methyl/N-ethyl adjacent to an activating group) is 1. The van der Waals surface area contributed by atoms with E-state index in [2.05, 4.69) is 5.32 Å². The fraction of sp³-hybridized carbons (Fsp3) is 0.300. The standard InChI is InChI=1S/C20H25N3O3/c1-5-23(20(25)15-8-6-10-17(12-15)22(2)3)14-19(24)21-16-9-7-11-18(13-16)26-4/h6-13H,5,14H2,1-4H3,(H,21,24). The second-order valence-corrected chi connectivity index (χ2v) is 6.04. The first-order valence-corrected chi connectivity index (χ1v) is 8.45. The van der Waals surface area contributed by atoms with Gasteiger partial charge in [-0.25, -0.2) is 0 Å². The van der Waals surface area contributed by atoms with Crippen LogP contribution in [0.15, 0.2) is 48.5 Å². The molecule has 0 saturated heterocycles. The van der Waals surface area contributed by atoms with E-state index in [9.17, 15) is 9.59 Å². The van der Waals surface area contributed by atoms with Crippen molar-refractivity contribution in [1.82, 2.24) is 4.90 Å². The average molecular weight is 355 g/mol. The molecule has 0 bridgehead atoms. The predicted octanol–water partition coefficient (Wildman–Crippen LogP) is 2.86. The fourth-order valence-electron chi connectivity index (χ4n) is 2.50. The predicted molar refractivity (Wildman–Crippen MR) is 104 cm³/mol. The molecule has 0 heterocycles. The molecule has 0 spiro atoms. The Morgan fingerprint density at radius 3 is 2.46 bits per heavy atom. The third kappa shape index (κ3) is 4.99. The fourth-order valence-corrected chi connectivity index (χ4v) is 2.50. The van der Waals surface area contributed by atoms with Crippen LogP contribution in [0.25, 0.3) is 0 Å². The van der Waals surface area contributed by atoms with Crippen LogP contribution < -0.4 is 15.0 Å². The lowest BCUT2D eigenvalue weighted by Crippen LogP contribution is -2.37. The van der Waals surface area contributed by atoms with Gasteiger partial charge in [0.05, 0.1) is 7.11 Å². The first-order valence-electron chi connectivity index (χ1n) is 8.45. The first kappa shape index (κ1) is 19.3. The molecule has 2 aromatic carbocycles. The van der Waals surface area contributed by atoms with E-state index < -0.39 is 0 Å². The molecule has 0 unspecified atom stereocenters. The van der Waals surface area contributed by atoms with Crippen molar-refractivity contribution in [1.29, 1.82) is 0 Å². The molecule has 0 aliphatic carbocycles. The van der Waals surface area contributed by atoms with Crippen molar-refractivity contribution < 1.29 is 14.3 Å². The normalized spacial score (nSPS) is 10.2. The molecule has 0 fully saturated rings. The minimum Gasteiger partial charge on any atom is -0.497 e. The van der Waals surface area contributed by atoms with Gasteiger partial charge in [0.2, 0.25) is 5.91 Å². The maximum absolute atomic E-state index is 12.7. The van der Waals surface area contributed by atoms with Crippen molar-refractivity contribution in [3.05, 3.63) is 54.1 Å². The molecule has 2 aromatic rings. The number of amides is 2. The SMILES string of the molecule is CCN(CC(=O)Nc1cccc(OC)c1)C(=O)c1cccc(N(C)C)c1. The summed E-state index contributed by atoms with van der Waals surface area (Å²) >= 11 is 0. The highest BCUT2D eigenvalue weighted by molar-refractivity contribution is 5.99. The van der Waals surface area contributed by atoms with Gasteiger partial charge in [0, 0.05) is 43.6 Å². The highest BCUT2D eigenvalue weighted by atomic mass is 16.5. The number of carbonyl (C=O) groups is 2. The van der Waals surface area contributed by atoms with Gasteiger partial charge in [0.15, 0.2) is 0 Å². The summed E-state index contributed by atoms with van der Waals surface area (Å²) in [4.78, 5) is 28.5. The Hall–Kier alpha value is -3.02. The van der Waals surface area contributed by atoms with Crippen LogP contribution in [0, 0.1) is 0 Å². The van der Waals surface area contributed by atoms with Crippen LogP contribution in [0.5, 0.6) is 5.75 Å². The monoisotopic (exact) mass is 355 g/mol. The number of nitrogens with zero attached hydrogens (tertiary/aromatic N) is 2. The smallest absolute Gasteiger partial charge is 0.254 e. The maximum atomic E-state index is 12.7. The van der Waals surface area contributed by atoms with E-state index in [1.54, 1.807) is 37.4 Å². The van der Waals surface area contributed by atoms with Gasteiger partial charge in [-0.05, 0) is 37.3 Å². The second kappa shape index (κ2) is 8.89. The van der Waals surface area contributed by atoms with Crippen LogP contribution in [0.1, 0.15) is 17.3 Å². The number of methoxy groups -OCH3 is 1. The largest absolute Gasteiger partial charge is 0.497 e. The van der Waals surface area contributed by atoms with Gasteiger partial charge in [-0.1, -0.05) is 12.1 Å². The molecule has 0 atom stereocenters. The van der Waals surface area contributed by atoms with Gasteiger partial charge in [-0.2, -0.15) is 0 Å². The number of ether oxygens (including phenoxy) is 1. The Bertz CT molecular complexity index is 774. The van der Waals surface area contributed by atoms with Crippen LogP contribution >= 0.6 is 0 Å². The summed E-state index contributed by atoms with van der Waals surface area (Å²) in [6.07, 6.45) is 0. The third-order valence-electron chi connectivity index (χ3n) is 3.97. The Morgan fingerprint density at radius 2 is 1.81 bits per heavy atom. The molecule has 0 aliphatic rings. The zero-order valence-corrected chi connectivity index (χ0v) is 15.7. The number of benzene rings is 2. The van der Waals surface area contributed by atoms with Crippen LogP contribution in [-0.2, 0) is 4.79 Å². The van der Waals surface area contributed by atoms with E-state index in [0.29, 0.717) is 23.5 Å². The molecule has 26 heavy (non-hydrogen) atoms. The summed E-state index contributed by atoms with van der Waals surface area (Å²) < 4.78 is 5.15. The summed E-state index contributed by atoms with van der Waals surface area (Å²) in [5.41, 5.74) is 2.13. The van der Waals surface area contributed by atoms with Crippen LogP contribution in [-0.4, -0.2) is 51.0 Å². The molecule has 6 nitrogen and oxygen atoms in total. The summed E-state index contributed by atoms with van der Waals surface area (Å²) in [6.45, 7) is 2.28. The zero-order chi connectivity index (χ0) is 19.1. The summed E-state index contributed by atoms with van der Waals surface area (Å²) in [6, 6.07) is 14.5. The number of carbonyl (C=O) groups excluding carboxylic acids is 2. The second-order valence-electron chi connectivity index (χ2n) is 6.04. The Balaban J connectivity index is 2.06. The molecule has 138 valence electrons. The minimum absolute atomic E-state index is 0.0151. The summed E-state index contributed by atoms with van der Waals surface area (Å²) in [5.74, 6) is 0.237. The highest BCUT2D eigenvalue weighted by Gasteiger charge is 2.18. The highest BCUT2D eigenvalue weighted by Crippen LogP contribution is 2.17. The number of rotatable bonds is 7. The lowest BCUT2D eigenvalue weighted by Gasteiger charge is -2.21. The molecule has 6 heteroatoms. The molecule has 0 saturated carbocycles. The Kier molecular flexibility index (Phi) is 6.60. The molecule has 0 aromatic heterocycles. The van der Waals surface area contributed by atoms with Crippen LogP contribution in [0.4, 0.5) is 11.4 Å². The first-order chi connectivity index (χ1) is 12.4. The van der Waals surface area contributed by atoms with Crippen molar-refractivity contribution in [2.24, 2.45) is 0 Å². The van der Waals surface area contributed by atoms with E-state index in [4.69, 9.17) is 4.74 Å². The summed E-state index contributed by atoms with van der Waals surface area (Å²) in [5, 5.41) is 2.80. The molecular weight excluding hydrogens is 330 g/mol. The third-order valence-corrected chi connectivity index (χ3v) is 3.97. The Morgan fingerprint density at radius 1 is 1.08 bits per heavy atom. The Labute approximate surface area is 154 Å². The molecule has 1 N–H and O–H groups in total. The topological polar surface area (TPSA) is 61.9 Å². The van der Waals surface area contributed by atoms with E-state index in [-0.39, 0.29) is 18.4 Å². The van der Waals surface area contributed by atoms with E-state index in [1.807, 2.05) is 44.1 Å². The zero-order valence-electron chi connectivity index (χ0n) is 15.7. The van der Waals surface area contributed by atoms with Gasteiger partial charge in [0.25, 0.3) is 5.91 Å². The van der Waals surface area contributed by atoms with Crippen LogP contribution in [0.3, 0.4) is 0 Å². The van der Waals surface area contributed by atoms with Gasteiger partial charge in [-0.3, -0.25) is 9.59 Å². The van der Waals surface area contributed by atoms with E-state index in [0.717, 1.165) is 5.69 Å². The van der Waals surface area contributed by atoms with Gasteiger partial charge in [-0.15, -0.1) is 0 Å². The number of anilines is 2. The van der Waals surface area contributed by atoms with Crippen molar-refractivity contribution in [3.63, 3.8) is 0 Å². The number of nitrogens with one attached hydrogen (secondary N) is 1. The lowest BCUT2D eigenvalue weighted by atomic mass is 10.1.